The summed E-state index contributed by atoms with van der Waals surface area (Å²) in [5.41, 5.74) is 0.834. The van der Waals surface area contributed by atoms with E-state index in [0.717, 1.165) is 0 Å². The third-order valence-corrected chi connectivity index (χ3v) is 5.10. The number of furan rings is 1. The number of fused-ring (bicyclic) bond motifs is 2. The lowest BCUT2D eigenvalue weighted by Crippen LogP contribution is -2.04. The summed E-state index contributed by atoms with van der Waals surface area (Å²) in [5.74, 6) is 0.188. The average molecular weight is 340 g/mol. The summed E-state index contributed by atoms with van der Waals surface area (Å²) in [7, 11) is 1.44. The largest absolute Gasteiger partial charge is 0.507 e. The summed E-state index contributed by atoms with van der Waals surface area (Å²) in [6.45, 7) is 0. The van der Waals surface area contributed by atoms with Crippen LogP contribution in [0.25, 0.3) is 31.3 Å². The fourth-order valence-electron chi connectivity index (χ4n) is 2.85. The van der Waals surface area contributed by atoms with Crippen molar-refractivity contribution in [3.05, 3.63) is 53.1 Å². The van der Waals surface area contributed by atoms with Crippen molar-refractivity contribution in [3.63, 3.8) is 0 Å². The monoisotopic (exact) mass is 340 g/mol. The zero-order chi connectivity index (χ0) is 16.8. The minimum atomic E-state index is -0.335. The van der Waals surface area contributed by atoms with E-state index < -0.39 is 0 Å². The number of phenols is 2. The minimum absolute atomic E-state index is 0.00379. The van der Waals surface area contributed by atoms with Gasteiger partial charge in [0.1, 0.15) is 17.2 Å². The normalized spacial score (nSPS) is 11.2. The van der Waals surface area contributed by atoms with Gasteiger partial charge in [0.2, 0.25) is 5.43 Å². The Kier molecular flexibility index (Phi) is 3.21. The van der Waals surface area contributed by atoms with Crippen LogP contribution in [0.1, 0.15) is 0 Å². The number of ether oxygens (including phenoxy) is 1. The Morgan fingerprint density at radius 1 is 1.12 bits per heavy atom. The summed E-state index contributed by atoms with van der Waals surface area (Å²) < 4.78 is 11.6. The van der Waals surface area contributed by atoms with E-state index in [1.165, 1.54) is 43.1 Å². The van der Waals surface area contributed by atoms with Gasteiger partial charge in [-0.2, -0.15) is 0 Å². The molecule has 0 atom stereocenters. The quantitative estimate of drug-likeness (QED) is 0.537. The van der Waals surface area contributed by atoms with Crippen LogP contribution in [-0.2, 0) is 0 Å². The molecule has 0 aliphatic carbocycles. The molecule has 0 aliphatic rings. The molecule has 0 unspecified atom stereocenters. The molecule has 5 nitrogen and oxygen atoms in total. The van der Waals surface area contributed by atoms with Crippen LogP contribution in [0.4, 0.5) is 0 Å². The maximum absolute atomic E-state index is 13.0. The zero-order valence-electron chi connectivity index (χ0n) is 12.6. The Hall–Kier alpha value is -2.99. The summed E-state index contributed by atoms with van der Waals surface area (Å²) in [5, 5.41) is 21.1. The van der Waals surface area contributed by atoms with Crippen molar-refractivity contribution in [2.75, 3.05) is 7.11 Å². The first-order valence-corrected chi connectivity index (χ1v) is 7.94. The summed E-state index contributed by atoms with van der Waals surface area (Å²) >= 11 is 1.31. The maximum atomic E-state index is 13.0. The van der Waals surface area contributed by atoms with E-state index in [-0.39, 0.29) is 28.1 Å². The van der Waals surface area contributed by atoms with E-state index in [0.29, 0.717) is 25.9 Å². The highest BCUT2D eigenvalue weighted by Crippen LogP contribution is 2.44. The predicted molar refractivity (Wildman–Crippen MR) is 93.2 cm³/mol. The molecule has 4 aromatic rings. The first-order valence-electron chi connectivity index (χ1n) is 7.13. The molecular formula is C18H12O5S. The van der Waals surface area contributed by atoms with Crippen molar-refractivity contribution >= 4 is 31.5 Å². The molecule has 2 aromatic carbocycles. The average Bonchev–Trinajstić information content (AvgIpc) is 3.07. The lowest BCUT2D eigenvalue weighted by molar-refractivity contribution is 0.413. The van der Waals surface area contributed by atoms with Crippen LogP contribution in [-0.4, -0.2) is 17.3 Å². The van der Waals surface area contributed by atoms with Gasteiger partial charge in [-0.3, -0.25) is 4.79 Å². The lowest BCUT2D eigenvalue weighted by Gasteiger charge is -2.12. The van der Waals surface area contributed by atoms with Crippen molar-refractivity contribution in [2.24, 2.45) is 0 Å². The molecule has 24 heavy (non-hydrogen) atoms. The molecule has 0 radical (unpaired) electrons. The van der Waals surface area contributed by atoms with Crippen molar-refractivity contribution in [2.45, 2.75) is 0 Å². The molecule has 0 spiro atoms. The molecule has 0 saturated carbocycles. The smallest absolute Gasteiger partial charge is 0.203 e. The van der Waals surface area contributed by atoms with Crippen molar-refractivity contribution in [1.82, 2.24) is 0 Å². The highest BCUT2D eigenvalue weighted by atomic mass is 32.1. The van der Waals surface area contributed by atoms with Crippen LogP contribution in [0.5, 0.6) is 17.2 Å². The van der Waals surface area contributed by atoms with E-state index in [4.69, 9.17) is 9.15 Å². The fourth-order valence-corrected chi connectivity index (χ4v) is 4.14. The third kappa shape index (κ3) is 1.97. The van der Waals surface area contributed by atoms with Gasteiger partial charge in [0.15, 0.2) is 0 Å². The van der Waals surface area contributed by atoms with Crippen LogP contribution in [0.15, 0.2) is 52.1 Å². The molecule has 4 rings (SSSR count). The van der Waals surface area contributed by atoms with Crippen LogP contribution in [0, 0.1) is 0 Å². The van der Waals surface area contributed by atoms with Gasteiger partial charge in [0.05, 0.1) is 35.1 Å². The van der Waals surface area contributed by atoms with Gasteiger partial charge in [0.25, 0.3) is 0 Å². The molecular weight excluding hydrogens is 328 g/mol. The Labute approximate surface area is 140 Å². The van der Waals surface area contributed by atoms with E-state index in [1.807, 2.05) is 0 Å². The summed E-state index contributed by atoms with van der Waals surface area (Å²) in [6, 6.07) is 8.04. The summed E-state index contributed by atoms with van der Waals surface area (Å²) in [4.78, 5) is 13.0. The molecule has 0 fully saturated rings. The van der Waals surface area contributed by atoms with E-state index in [9.17, 15) is 15.0 Å². The second kappa shape index (κ2) is 5.28. The van der Waals surface area contributed by atoms with Crippen LogP contribution in [0.2, 0.25) is 0 Å². The predicted octanol–water partition coefficient (Wildman–Crippen LogP) is 4.09. The van der Waals surface area contributed by atoms with Gasteiger partial charge in [0, 0.05) is 21.9 Å². The second-order valence-corrected chi connectivity index (χ2v) is 6.32. The summed E-state index contributed by atoms with van der Waals surface area (Å²) in [6.07, 6.45) is 3.01. The first kappa shape index (κ1) is 14.6. The third-order valence-electron chi connectivity index (χ3n) is 3.92. The Balaban J connectivity index is 2.29. The van der Waals surface area contributed by atoms with E-state index in [2.05, 4.69) is 0 Å². The maximum Gasteiger partial charge on any atom is 0.203 e. The van der Waals surface area contributed by atoms with Gasteiger partial charge in [-0.15, -0.1) is 11.3 Å². The molecule has 120 valence electrons. The highest BCUT2D eigenvalue weighted by Gasteiger charge is 2.20. The van der Waals surface area contributed by atoms with Gasteiger partial charge < -0.3 is 19.4 Å². The SMILES string of the molecule is COc1cc(O)c(-c2ccoc2)c2sc3cccc(O)c3c(=O)c12. The molecule has 0 aliphatic heterocycles. The fraction of sp³-hybridized carbons (Fsp3) is 0.0556. The lowest BCUT2D eigenvalue weighted by atomic mass is 10.0. The number of phenolic OH excluding ortho intramolecular Hbond substituents is 2. The molecule has 6 heteroatoms. The molecule has 0 amide bonds. The van der Waals surface area contributed by atoms with E-state index >= 15 is 0 Å². The topological polar surface area (TPSA) is 79.9 Å². The number of benzene rings is 2. The highest BCUT2D eigenvalue weighted by molar-refractivity contribution is 7.25. The van der Waals surface area contributed by atoms with Crippen LogP contribution in [0.3, 0.4) is 0 Å². The molecule has 2 N–H and O–H groups in total. The van der Waals surface area contributed by atoms with Gasteiger partial charge in [-0.1, -0.05) is 6.07 Å². The number of rotatable bonds is 2. The van der Waals surface area contributed by atoms with Crippen molar-refractivity contribution in [3.8, 4) is 28.4 Å². The first-order chi connectivity index (χ1) is 11.6. The molecule has 2 heterocycles. The second-order valence-electron chi connectivity index (χ2n) is 5.27. The van der Waals surface area contributed by atoms with E-state index in [1.54, 1.807) is 18.2 Å². The number of hydrogen-bond donors (Lipinski definition) is 2. The van der Waals surface area contributed by atoms with Gasteiger partial charge >= 0.3 is 0 Å². The zero-order valence-corrected chi connectivity index (χ0v) is 13.4. The number of aromatic hydroxyl groups is 2. The Morgan fingerprint density at radius 3 is 2.67 bits per heavy atom. The Bertz CT molecular complexity index is 1130. The van der Waals surface area contributed by atoms with Crippen molar-refractivity contribution < 1.29 is 19.4 Å². The van der Waals surface area contributed by atoms with Gasteiger partial charge in [-0.25, -0.2) is 0 Å². The standard InChI is InChI=1S/C18H12O5S/c1-22-12-7-11(20)14(9-5-6-23-8-9)18-16(12)17(21)15-10(19)3-2-4-13(15)24-18/h2-8,19-20H,1H3. The van der Waals surface area contributed by atoms with Crippen LogP contribution >= 0.6 is 11.3 Å². The molecule has 2 aromatic heterocycles. The molecule has 0 bridgehead atoms. The van der Waals surface area contributed by atoms with Gasteiger partial charge in [-0.05, 0) is 18.2 Å². The Morgan fingerprint density at radius 2 is 1.96 bits per heavy atom. The number of hydrogen-bond acceptors (Lipinski definition) is 6. The number of methoxy groups -OCH3 is 1. The molecule has 0 saturated heterocycles. The van der Waals surface area contributed by atoms with Crippen LogP contribution < -0.4 is 10.2 Å². The van der Waals surface area contributed by atoms with Crippen molar-refractivity contribution in [1.29, 1.82) is 0 Å². The minimum Gasteiger partial charge on any atom is -0.507 e.